The van der Waals surface area contributed by atoms with E-state index in [4.69, 9.17) is 5.26 Å². The molecular weight excluding hydrogens is 226 g/mol. The van der Waals surface area contributed by atoms with Crippen molar-refractivity contribution in [3.8, 4) is 6.07 Å². The lowest BCUT2D eigenvalue weighted by Crippen LogP contribution is -2.32. The van der Waals surface area contributed by atoms with Crippen molar-refractivity contribution in [2.24, 2.45) is 0 Å². The second-order valence-corrected chi connectivity index (χ2v) is 4.25. The first-order valence-corrected chi connectivity index (χ1v) is 6.19. The van der Waals surface area contributed by atoms with Crippen LogP contribution in [-0.2, 0) is 0 Å². The SMILES string of the molecule is CCCCCN(C)C(=O)Nc1ccc(C#N)cc1. The summed E-state index contributed by atoms with van der Waals surface area (Å²) in [6.07, 6.45) is 3.30. The predicted octanol–water partition coefficient (Wildman–Crippen LogP) is 3.21. The number of hydrogen-bond acceptors (Lipinski definition) is 2. The first kappa shape index (κ1) is 14.0. The van der Waals surface area contributed by atoms with E-state index in [0.29, 0.717) is 11.3 Å². The van der Waals surface area contributed by atoms with Gasteiger partial charge in [-0.1, -0.05) is 19.8 Å². The predicted molar refractivity (Wildman–Crippen MR) is 72.3 cm³/mol. The molecule has 2 amide bonds. The molecule has 0 bridgehead atoms. The van der Waals surface area contributed by atoms with Crippen LogP contribution in [0.2, 0.25) is 0 Å². The van der Waals surface area contributed by atoms with E-state index in [-0.39, 0.29) is 6.03 Å². The van der Waals surface area contributed by atoms with E-state index in [1.165, 1.54) is 0 Å². The number of benzene rings is 1. The largest absolute Gasteiger partial charge is 0.328 e. The third-order valence-electron chi connectivity index (χ3n) is 2.71. The van der Waals surface area contributed by atoms with Crippen LogP contribution in [0.3, 0.4) is 0 Å². The highest BCUT2D eigenvalue weighted by Crippen LogP contribution is 2.09. The van der Waals surface area contributed by atoms with Gasteiger partial charge in [0.15, 0.2) is 0 Å². The lowest BCUT2D eigenvalue weighted by atomic mass is 10.2. The van der Waals surface area contributed by atoms with Crippen molar-refractivity contribution in [1.82, 2.24) is 4.90 Å². The molecule has 0 fully saturated rings. The quantitative estimate of drug-likeness (QED) is 0.810. The van der Waals surface area contributed by atoms with Crippen molar-refractivity contribution in [2.75, 3.05) is 18.9 Å². The molecule has 0 spiro atoms. The molecular formula is C14H19N3O. The van der Waals surface area contributed by atoms with Crippen molar-refractivity contribution in [2.45, 2.75) is 26.2 Å². The van der Waals surface area contributed by atoms with Crippen LogP contribution in [0.1, 0.15) is 31.7 Å². The van der Waals surface area contributed by atoms with Crippen molar-refractivity contribution >= 4 is 11.7 Å². The molecule has 0 atom stereocenters. The van der Waals surface area contributed by atoms with Gasteiger partial charge < -0.3 is 10.2 Å². The zero-order chi connectivity index (χ0) is 13.4. The number of nitriles is 1. The van der Waals surface area contributed by atoms with Gasteiger partial charge in [-0.2, -0.15) is 5.26 Å². The summed E-state index contributed by atoms with van der Waals surface area (Å²) >= 11 is 0. The molecule has 0 heterocycles. The van der Waals surface area contributed by atoms with Gasteiger partial charge in [0.25, 0.3) is 0 Å². The molecule has 4 nitrogen and oxygen atoms in total. The average Bonchev–Trinajstić information content (AvgIpc) is 2.39. The summed E-state index contributed by atoms with van der Waals surface area (Å²) in [5, 5.41) is 11.5. The first-order chi connectivity index (χ1) is 8.67. The molecule has 4 heteroatoms. The second-order valence-electron chi connectivity index (χ2n) is 4.25. The van der Waals surface area contributed by atoms with Gasteiger partial charge in [0.1, 0.15) is 0 Å². The third kappa shape index (κ3) is 4.46. The molecule has 1 aromatic rings. The maximum atomic E-state index is 11.8. The molecule has 96 valence electrons. The van der Waals surface area contributed by atoms with Gasteiger partial charge in [0.05, 0.1) is 11.6 Å². The fourth-order valence-corrected chi connectivity index (χ4v) is 1.55. The molecule has 0 aromatic heterocycles. The molecule has 0 radical (unpaired) electrons. The minimum absolute atomic E-state index is 0.115. The van der Waals surface area contributed by atoms with Crippen LogP contribution in [0.5, 0.6) is 0 Å². The minimum Gasteiger partial charge on any atom is -0.328 e. The molecule has 0 aliphatic heterocycles. The molecule has 0 saturated heterocycles. The molecule has 1 N–H and O–H groups in total. The summed E-state index contributed by atoms with van der Waals surface area (Å²) in [4.78, 5) is 13.5. The summed E-state index contributed by atoms with van der Waals surface area (Å²) in [7, 11) is 1.79. The number of unbranched alkanes of at least 4 members (excludes halogenated alkanes) is 2. The summed E-state index contributed by atoms with van der Waals surface area (Å²) in [5.74, 6) is 0. The van der Waals surface area contributed by atoms with Crippen LogP contribution in [0.15, 0.2) is 24.3 Å². The smallest absolute Gasteiger partial charge is 0.321 e. The van der Waals surface area contributed by atoms with Gasteiger partial charge >= 0.3 is 6.03 Å². The molecule has 18 heavy (non-hydrogen) atoms. The Morgan fingerprint density at radius 3 is 2.56 bits per heavy atom. The van der Waals surface area contributed by atoms with Gasteiger partial charge in [-0.25, -0.2) is 4.79 Å². The van der Waals surface area contributed by atoms with E-state index < -0.39 is 0 Å². The molecule has 0 aliphatic rings. The highest BCUT2D eigenvalue weighted by molar-refractivity contribution is 5.89. The van der Waals surface area contributed by atoms with Crippen molar-refractivity contribution in [1.29, 1.82) is 5.26 Å². The molecule has 0 aliphatic carbocycles. The summed E-state index contributed by atoms with van der Waals surface area (Å²) < 4.78 is 0. The van der Waals surface area contributed by atoms with Gasteiger partial charge in [0.2, 0.25) is 0 Å². The zero-order valence-corrected chi connectivity index (χ0v) is 10.9. The number of amides is 2. The second kappa shape index (κ2) is 7.33. The van der Waals surface area contributed by atoms with E-state index in [2.05, 4.69) is 12.2 Å². The first-order valence-electron chi connectivity index (χ1n) is 6.19. The van der Waals surface area contributed by atoms with Gasteiger partial charge in [-0.15, -0.1) is 0 Å². The highest BCUT2D eigenvalue weighted by Gasteiger charge is 2.07. The topological polar surface area (TPSA) is 56.1 Å². The van der Waals surface area contributed by atoms with Gasteiger partial charge in [0, 0.05) is 19.3 Å². The third-order valence-corrected chi connectivity index (χ3v) is 2.71. The highest BCUT2D eigenvalue weighted by atomic mass is 16.2. The number of anilines is 1. The minimum atomic E-state index is -0.115. The van der Waals surface area contributed by atoms with Gasteiger partial charge in [-0.3, -0.25) is 0 Å². The molecule has 1 rings (SSSR count). The Morgan fingerprint density at radius 1 is 1.33 bits per heavy atom. The molecule has 0 saturated carbocycles. The maximum absolute atomic E-state index is 11.8. The number of rotatable bonds is 5. The fourth-order valence-electron chi connectivity index (χ4n) is 1.55. The maximum Gasteiger partial charge on any atom is 0.321 e. The Hall–Kier alpha value is -2.02. The van der Waals surface area contributed by atoms with Gasteiger partial charge in [-0.05, 0) is 30.7 Å². The normalized spacial score (nSPS) is 9.61. The number of nitrogens with one attached hydrogen (secondary N) is 1. The van der Waals surface area contributed by atoms with E-state index in [9.17, 15) is 4.79 Å². The van der Waals surface area contributed by atoms with E-state index in [1.807, 2.05) is 6.07 Å². The number of hydrogen-bond donors (Lipinski definition) is 1. The molecule has 1 aromatic carbocycles. The number of urea groups is 1. The number of carbonyl (C=O) groups is 1. The monoisotopic (exact) mass is 245 g/mol. The Bertz CT molecular complexity index is 420. The fraction of sp³-hybridized carbons (Fsp3) is 0.429. The number of carbonyl (C=O) groups excluding carboxylic acids is 1. The average molecular weight is 245 g/mol. The van der Waals surface area contributed by atoms with Crippen LogP contribution in [-0.4, -0.2) is 24.5 Å². The van der Waals surface area contributed by atoms with Crippen molar-refractivity contribution < 1.29 is 4.79 Å². The van der Waals surface area contributed by atoms with Crippen LogP contribution in [0, 0.1) is 11.3 Å². The lowest BCUT2D eigenvalue weighted by molar-refractivity contribution is 0.221. The van der Waals surface area contributed by atoms with Crippen molar-refractivity contribution in [3.05, 3.63) is 29.8 Å². The molecule has 0 unspecified atom stereocenters. The van der Waals surface area contributed by atoms with Crippen molar-refractivity contribution in [3.63, 3.8) is 0 Å². The number of nitrogens with zero attached hydrogens (tertiary/aromatic N) is 2. The lowest BCUT2D eigenvalue weighted by Gasteiger charge is -2.17. The summed E-state index contributed by atoms with van der Waals surface area (Å²) in [6, 6.07) is 8.77. The Morgan fingerprint density at radius 2 is 2.00 bits per heavy atom. The van der Waals surface area contributed by atoms with Crippen LogP contribution < -0.4 is 5.32 Å². The Balaban J connectivity index is 2.45. The van der Waals surface area contributed by atoms with E-state index in [0.717, 1.165) is 25.8 Å². The van der Waals surface area contributed by atoms with Crippen LogP contribution >= 0.6 is 0 Å². The standard InChI is InChI=1S/C14H19N3O/c1-3-4-5-10-17(2)14(18)16-13-8-6-12(11-15)7-9-13/h6-9H,3-5,10H2,1-2H3,(H,16,18). The van der Waals surface area contributed by atoms with E-state index >= 15 is 0 Å². The zero-order valence-electron chi connectivity index (χ0n) is 10.9. The Kier molecular flexibility index (Phi) is 5.72. The Labute approximate surface area is 108 Å². The van der Waals surface area contributed by atoms with E-state index in [1.54, 1.807) is 36.2 Å². The van der Waals surface area contributed by atoms with Crippen LogP contribution in [0.25, 0.3) is 0 Å². The van der Waals surface area contributed by atoms with Crippen LogP contribution in [0.4, 0.5) is 10.5 Å². The summed E-state index contributed by atoms with van der Waals surface area (Å²) in [5.41, 5.74) is 1.30. The summed E-state index contributed by atoms with van der Waals surface area (Å²) in [6.45, 7) is 2.90.